The second kappa shape index (κ2) is 11.9. The van der Waals surface area contributed by atoms with Gasteiger partial charge in [0.15, 0.2) is 0 Å². The maximum absolute atomic E-state index is 13.0. The summed E-state index contributed by atoms with van der Waals surface area (Å²) in [5.41, 5.74) is 0.778. The minimum absolute atomic E-state index is 0.119. The van der Waals surface area contributed by atoms with Crippen LogP contribution in [0.15, 0.2) is 30.3 Å². The van der Waals surface area contributed by atoms with Crippen LogP contribution < -0.4 is 0 Å². The summed E-state index contributed by atoms with van der Waals surface area (Å²) in [4.78, 5) is 48.5. The molecule has 0 N–H and O–H groups in total. The van der Waals surface area contributed by atoms with Gasteiger partial charge in [-0.25, -0.2) is 0 Å². The highest BCUT2D eigenvalue weighted by Crippen LogP contribution is 2.26. The van der Waals surface area contributed by atoms with E-state index in [1.54, 1.807) is 20.9 Å². The topological polar surface area (TPSA) is 99.2 Å². The van der Waals surface area contributed by atoms with Crippen molar-refractivity contribution in [3.05, 3.63) is 35.9 Å². The molecule has 0 aliphatic heterocycles. The number of esters is 3. The van der Waals surface area contributed by atoms with Gasteiger partial charge < -0.3 is 19.1 Å². The molecule has 0 aromatic heterocycles. The van der Waals surface area contributed by atoms with E-state index in [-0.39, 0.29) is 18.9 Å². The average molecular weight is 421 g/mol. The third-order valence-corrected chi connectivity index (χ3v) is 4.66. The molecule has 0 bridgehead atoms. The van der Waals surface area contributed by atoms with Crippen molar-refractivity contribution in [2.45, 2.75) is 59.3 Å². The molecule has 1 amide bonds. The van der Waals surface area contributed by atoms with Gasteiger partial charge in [0.05, 0.1) is 6.04 Å². The van der Waals surface area contributed by atoms with E-state index in [2.05, 4.69) is 0 Å². The van der Waals surface area contributed by atoms with Gasteiger partial charge in [-0.1, -0.05) is 37.3 Å². The minimum atomic E-state index is -0.729. The first-order valence-corrected chi connectivity index (χ1v) is 9.82. The van der Waals surface area contributed by atoms with Crippen LogP contribution in [-0.4, -0.2) is 54.5 Å². The first-order valence-electron chi connectivity index (χ1n) is 9.82. The number of carbonyl (C=O) groups is 4. The quantitative estimate of drug-likeness (QED) is 0.423. The van der Waals surface area contributed by atoms with Crippen LogP contribution in [0.5, 0.6) is 0 Å². The van der Waals surface area contributed by atoms with Crippen LogP contribution in [0.1, 0.15) is 52.7 Å². The Morgan fingerprint density at radius 3 is 1.97 bits per heavy atom. The van der Waals surface area contributed by atoms with Crippen LogP contribution in [-0.2, 0) is 33.4 Å². The molecule has 8 heteroatoms. The Bertz CT molecular complexity index is 734. The Kier molecular flexibility index (Phi) is 10.0. The molecule has 166 valence electrons. The zero-order chi connectivity index (χ0) is 22.8. The minimum Gasteiger partial charge on any atom is -0.462 e. The summed E-state index contributed by atoms with van der Waals surface area (Å²) in [6, 6.07) is 8.76. The molecule has 30 heavy (non-hydrogen) atoms. The summed E-state index contributed by atoms with van der Waals surface area (Å²) in [6.07, 6.45) is -1.17. The summed E-state index contributed by atoms with van der Waals surface area (Å²) in [6.45, 7) is 7.23. The molecule has 1 aromatic carbocycles. The highest BCUT2D eigenvalue weighted by Gasteiger charge is 2.32. The molecule has 0 spiro atoms. The normalized spacial score (nSPS) is 14.6. The van der Waals surface area contributed by atoms with Crippen molar-refractivity contribution >= 4 is 23.8 Å². The predicted molar refractivity (Wildman–Crippen MR) is 109 cm³/mol. The zero-order valence-electron chi connectivity index (χ0n) is 18.4. The monoisotopic (exact) mass is 421 g/mol. The Labute approximate surface area is 177 Å². The maximum Gasteiger partial charge on any atom is 0.303 e. The van der Waals surface area contributed by atoms with Gasteiger partial charge in [-0.05, 0) is 18.9 Å². The SMILES string of the molecule is CC(=O)OC[C@@H](C[C@H](C)C(=O)N(C)[C@@H](C)[C@@H](OC(C)=O)c1ccccc1)OC(C)=O. The van der Waals surface area contributed by atoms with E-state index in [0.29, 0.717) is 0 Å². The number of likely N-dealkylation sites (N-methyl/N-ethyl adjacent to an activating group) is 1. The fraction of sp³-hybridized carbons (Fsp3) is 0.545. The lowest BCUT2D eigenvalue weighted by molar-refractivity contribution is -0.159. The second-order valence-corrected chi connectivity index (χ2v) is 7.30. The van der Waals surface area contributed by atoms with Crippen molar-refractivity contribution in [2.75, 3.05) is 13.7 Å². The van der Waals surface area contributed by atoms with Crippen molar-refractivity contribution < 1.29 is 33.4 Å². The van der Waals surface area contributed by atoms with E-state index < -0.39 is 42.1 Å². The number of carbonyl (C=O) groups excluding carboxylic acids is 4. The standard InChI is InChI=1S/C22H31NO7/c1-14(12-20(29-17(4)25)13-28-16(3)24)22(27)23(6)15(2)21(30-18(5)26)19-10-8-7-9-11-19/h7-11,14-15,20-21H,12-13H2,1-6H3/t14-,15-,20+,21+/m0/s1. The van der Waals surface area contributed by atoms with Gasteiger partial charge in [-0.3, -0.25) is 19.2 Å². The Morgan fingerprint density at radius 1 is 0.900 bits per heavy atom. The van der Waals surface area contributed by atoms with Crippen LogP contribution >= 0.6 is 0 Å². The number of rotatable bonds is 10. The van der Waals surface area contributed by atoms with E-state index >= 15 is 0 Å². The molecular weight excluding hydrogens is 390 g/mol. The molecule has 0 aliphatic rings. The molecule has 0 radical (unpaired) electrons. The van der Waals surface area contributed by atoms with Gasteiger partial charge >= 0.3 is 17.9 Å². The van der Waals surface area contributed by atoms with E-state index in [4.69, 9.17) is 14.2 Å². The fourth-order valence-electron chi connectivity index (χ4n) is 3.11. The highest BCUT2D eigenvalue weighted by atomic mass is 16.6. The smallest absolute Gasteiger partial charge is 0.303 e. The number of benzene rings is 1. The van der Waals surface area contributed by atoms with Crippen molar-refractivity contribution in [1.82, 2.24) is 4.90 Å². The molecular formula is C22H31NO7. The summed E-state index contributed by atoms with van der Waals surface area (Å²) in [7, 11) is 1.63. The van der Waals surface area contributed by atoms with Crippen molar-refractivity contribution in [2.24, 2.45) is 5.92 Å². The summed E-state index contributed by atoms with van der Waals surface area (Å²) in [5, 5.41) is 0. The largest absolute Gasteiger partial charge is 0.462 e. The number of hydrogen-bond donors (Lipinski definition) is 0. The molecule has 8 nitrogen and oxygen atoms in total. The van der Waals surface area contributed by atoms with Gasteiger partial charge in [0.1, 0.15) is 18.8 Å². The van der Waals surface area contributed by atoms with Crippen molar-refractivity contribution in [3.63, 3.8) is 0 Å². The molecule has 0 heterocycles. The van der Waals surface area contributed by atoms with E-state index in [0.717, 1.165) is 5.56 Å². The lowest BCUT2D eigenvalue weighted by Gasteiger charge is -2.33. The van der Waals surface area contributed by atoms with Gasteiger partial charge in [0.2, 0.25) is 5.91 Å². The van der Waals surface area contributed by atoms with Crippen LogP contribution in [0.4, 0.5) is 0 Å². The zero-order valence-corrected chi connectivity index (χ0v) is 18.4. The third-order valence-electron chi connectivity index (χ3n) is 4.66. The number of ether oxygens (including phenoxy) is 3. The maximum atomic E-state index is 13.0. The van der Waals surface area contributed by atoms with Crippen LogP contribution in [0, 0.1) is 5.92 Å². The number of nitrogens with zero attached hydrogens (tertiary/aromatic N) is 1. The molecule has 0 fully saturated rings. The first kappa shape index (κ1) is 25.1. The third kappa shape index (κ3) is 8.23. The van der Waals surface area contributed by atoms with E-state index in [1.165, 1.54) is 25.7 Å². The van der Waals surface area contributed by atoms with Crippen molar-refractivity contribution in [1.29, 1.82) is 0 Å². The Balaban J connectivity index is 2.90. The van der Waals surface area contributed by atoms with Crippen LogP contribution in [0.3, 0.4) is 0 Å². The van der Waals surface area contributed by atoms with Crippen LogP contribution in [0.2, 0.25) is 0 Å². The van der Waals surface area contributed by atoms with Gasteiger partial charge in [-0.15, -0.1) is 0 Å². The Morgan fingerprint density at radius 2 is 1.47 bits per heavy atom. The summed E-state index contributed by atoms with van der Waals surface area (Å²) < 4.78 is 15.6. The average Bonchev–Trinajstić information content (AvgIpc) is 2.68. The highest BCUT2D eigenvalue weighted by molar-refractivity contribution is 5.79. The molecule has 4 atom stereocenters. The van der Waals surface area contributed by atoms with Gasteiger partial charge in [-0.2, -0.15) is 0 Å². The fourth-order valence-corrected chi connectivity index (χ4v) is 3.11. The summed E-state index contributed by atoms with van der Waals surface area (Å²) >= 11 is 0. The van der Waals surface area contributed by atoms with Crippen LogP contribution in [0.25, 0.3) is 0 Å². The Hall–Kier alpha value is -2.90. The number of amides is 1. The van der Waals surface area contributed by atoms with E-state index in [9.17, 15) is 19.2 Å². The molecule has 1 aromatic rings. The molecule has 0 aliphatic carbocycles. The number of hydrogen-bond acceptors (Lipinski definition) is 7. The lowest BCUT2D eigenvalue weighted by atomic mass is 9.98. The van der Waals surface area contributed by atoms with Gasteiger partial charge in [0, 0.05) is 33.7 Å². The first-order chi connectivity index (χ1) is 14.0. The molecule has 1 rings (SSSR count). The van der Waals surface area contributed by atoms with E-state index in [1.807, 2.05) is 30.3 Å². The molecule has 0 unspecified atom stereocenters. The summed E-state index contributed by atoms with van der Waals surface area (Å²) in [5.74, 6) is -2.20. The predicted octanol–water partition coefficient (Wildman–Crippen LogP) is 2.66. The lowest BCUT2D eigenvalue weighted by Crippen LogP contribution is -2.43. The molecule has 0 saturated heterocycles. The molecule has 0 saturated carbocycles. The van der Waals surface area contributed by atoms with Crippen molar-refractivity contribution in [3.8, 4) is 0 Å². The van der Waals surface area contributed by atoms with Gasteiger partial charge in [0.25, 0.3) is 0 Å². The second-order valence-electron chi connectivity index (χ2n) is 7.30.